The van der Waals surface area contributed by atoms with Gasteiger partial charge in [-0.25, -0.2) is 4.98 Å². The van der Waals surface area contributed by atoms with E-state index in [4.69, 9.17) is 4.74 Å². The first kappa shape index (κ1) is 12.5. The SMILES string of the molecule is Cc1csc(NC(=O)C[NH2+]C[C@@H]2CCCO2)n1. The number of aromatic nitrogens is 1. The number of nitrogens with one attached hydrogen (secondary N) is 1. The van der Waals surface area contributed by atoms with E-state index in [1.54, 1.807) is 0 Å². The monoisotopic (exact) mass is 256 g/mol. The fraction of sp³-hybridized carbons (Fsp3) is 0.636. The van der Waals surface area contributed by atoms with E-state index >= 15 is 0 Å². The average Bonchev–Trinajstić information content (AvgIpc) is 2.90. The first-order chi connectivity index (χ1) is 8.24. The van der Waals surface area contributed by atoms with Gasteiger partial charge in [-0.05, 0) is 19.8 Å². The number of nitrogens with zero attached hydrogens (tertiary/aromatic N) is 1. The second-order valence-corrected chi connectivity index (χ2v) is 5.06. The Hall–Kier alpha value is -0.980. The molecule has 6 heteroatoms. The standard InChI is InChI=1S/C11H17N3O2S/c1-8-7-17-11(13-8)14-10(15)6-12-5-9-3-2-4-16-9/h7,9,12H,2-6H2,1H3,(H,13,14,15)/p+1/t9-/m0/s1. The molecule has 0 aromatic carbocycles. The van der Waals surface area contributed by atoms with Crippen molar-refractivity contribution in [1.29, 1.82) is 0 Å². The van der Waals surface area contributed by atoms with Gasteiger partial charge in [0.1, 0.15) is 12.6 Å². The van der Waals surface area contributed by atoms with E-state index in [0.29, 0.717) is 17.8 Å². The predicted molar refractivity (Wildman–Crippen MR) is 66.1 cm³/mol. The number of carbonyl (C=O) groups excluding carboxylic acids is 1. The lowest BCUT2D eigenvalue weighted by molar-refractivity contribution is -0.649. The van der Waals surface area contributed by atoms with Gasteiger partial charge in [0.15, 0.2) is 11.7 Å². The Bertz CT molecular complexity index is 375. The molecule has 1 fully saturated rings. The van der Waals surface area contributed by atoms with Crippen LogP contribution in [0.3, 0.4) is 0 Å². The first-order valence-electron chi connectivity index (χ1n) is 5.89. The molecule has 1 aliphatic heterocycles. The summed E-state index contributed by atoms with van der Waals surface area (Å²) in [4.78, 5) is 15.8. The maximum atomic E-state index is 11.6. The van der Waals surface area contributed by atoms with E-state index in [1.165, 1.54) is 11.3 Å². The van der Waals surface area contributed by atoms with E-state index in [-0.39, 0.29) is 5.91 Å². The fourth-order valence-corrected chi connectivity index (χ4v) is 2.52. The lowest BCUT2D eigenvalue weighted by atomic mass is 10.2. The summed E-state index contributed by atoms with van der Waals surface area (Å²) in [6.45, 7) is 4.07. The van der Waals surface area contributed by atoms with Crippen LogP contribution < -0.4 is 10.6 Å². The number of hydrogen-bond acceptors (Lipinski definition) is 4. The third-order valence-electron chi connectivity index (χ3n) is 2.65. The third-order valence-corrected chi connectivity index (χ3v) is 3.52. The van der Waals surface area contributed by atoms with Gasteiger partial charge in [-0.1, -0.05) is 0 Å². The van der Waals surface area contributed by atoms with E-state index in [1.807, 2.05) is 17.6 Å². The van der Waals surface area contributed by atoms with Gasteiger partial charge in [-0.15, -0.1) is 11.3 Å². The highest BCUT2D eigenvalue weighted by Gasteiger charge is 2.17. The molecule has 3 N–H and O–H groups in total. The number of thiazole rings is 1. The zero-order valence-electron chi connectivity index (χ0n) is 9.94. The average molecular weight is 256 g/mol. The molecule has 1 amide bonds. The number of anilines is 1. The quantitative estimate of drug-likeness (QED) is 0.787. The number of carbonyl (C=O) groups is 1. The van der Waals surface area contributed by atoms with Crippen LogP contribution >= 0.6 is 11.3 Å². The number of aryl methyl sites for hydroxylation is 1. The van der Waals surface area contributed by atoms with Gasteiger partial charge < -0.3 is 10.1 Å². The summed E-state index contributed by atoms with van der Waals surface area (Å²) in [5, 5.41) is 7.38. The van der Waals surface area contributed by atoms with Crippen molar-refractivity contribution in [2.24, 2.45) is 0 Å². The van der Waals surface area contributed by atoms with Gasteiger partial charge in [0.05, 0.1) is 5.69 Å². The molecule has 94 valence electrons. The molecule has 0 unspecified atom stereocenters. The molecule has 0 bridgehead atoms. The Kier molecular flexibility index (Phi) is 4.47. The molecule has 2 rings (SSSR count). The van der Waals surface area contributed by atoms with Crippen molar-refractivity contribution in [3.05, 3.63) is 11.1 Å². The van der Waals surface area contributed by atoms with Crippen LogP contribution in [-0.2, 0) is 9.53 Å². The molecular formula is C11H18N3O2S+. The van der Waals surface area contributed by atoms with Crippen molar-refractivity contribution in [3.8, 4) is 0 Å². The fourth-order valence-electron chi connectivity index (χ4n) is 1.81. The summed E-state index contributed by atoms with van der Waals surface area (Å²) in [5.41, 5.74) is 0.939. The van der Waals surface area contributed by atoms with Gasteiger partial charge in [-0.3, -0.25) is 10.1 Å². The Morgan fingerprint density at radius 3 is 3.29 bits per heavy atom. The minimum absolute atomic E-state index is 0.00246. The van der Waals surface area contributed by atoms with Gasteiger partial charge in [0.2, 0.25) is 0 Å². The predicted octanol–water partition coefficient (Wildman–Crippen LogP) is 0.132. The molecule has 1 aliphatic rings. The smallest absolute Gasteiger partial charge is 0.281 e. The molecule has 1 saturated heterocycles. The lowest BCUT2D eigenvalue weighted by Crippen LogP contribution is -2.88. The maximum absolute atomic E-state index is 11.6. The van der Waals surface area contributed by atoms with Crippen LogP contribution in [0.5, 0.6) is 0 Å². The van der Waals surface area contributed by atoms with Crippen molar-refractivity contribution in [1.82, 2.24) is 4.98 Å². The van der Waals surface area contributed by atoms with Crippen molar-refractivity contribution in [3.63, 3.8) is 0 Å². The molecular weight excluding hydrogens is 238 g/mol. The molecule has 0 saturated carbocycles. The molecule has 2 heterocycles. The van der Waals surface area contributed by atoms with Crippen LogP contribution in [0, 0.1) is 6.92 Å². The molecule has 1 atom stereocenters. The highest BCUT2D eigenvalue weighted by atomic mass is 32.1. The molecule has 0 spiro atoms. The van der Waals surface area contributed by atoms with Crippen LogP contribution in [0.15, 0.2) is 5.38 Å². The molecule has 5 nitrogen and oxygen atoms in total. The Morgan fingerprint density at radius 2 is 2.65 bits per heavy atom. The molecule has 17 heavy (non-hydrogen) atoms. The maximum Gasteiger partial charge on any atom is 0.281 e. The number of rotatable bonds is 5. The minimum Gasteiger partial charge on any atom is -0.372 e. The van der Waals surface area contributed by atoms with Crippen molar-refractivity contribution >= 4 is 22.4 Å². The molecule has 0 aliphatic carbocycles. The third kappa shape index (κ3) is 4.07. The van der Waals surface area contributed by atoms with Gasteiger partial charge >= 0.3 is 0 Å². The van der Waals surface area contributed by atoms with Crippen molar-refractivity contribution in [2.75, 3.05) is 25.0 Å². The molecule has 1 aromatic rings. The first-order valence-corrected chi connectivity index (χ1v) is 6.77. The number of nitrogens with two attached hydrogens (primary N) is 1. The van der Waals surface area contributed by atoms with Crippen LogP contribution in [0.25, 0.3) is 0 Å². The van der Waals surface area contributed by atoms with Gasteiger partial charge in [0, 0.05) is 12.0 Å². The summed E-state index contributed by atoms with van der Waals surface area (Å²) in [5.74, 6) is -0.00246. The van der Waals surface area contributed by atoms with E-state index in [0.717, 1.165) is 31.7 Å². The summed E-state index contributed by atoms with van der Waals surface area (Å²) < 4.78 is 5.48. The van der Waals surface area contributed by atoms with Gasteiger partial charge in [0.25, 0.3) is 5.91 Å². The normalized spacial score (nSPS) is 19.5. The number of hydrogen-bond donors (Lipinski definition) is 2. The topological polar surface area (TPSA) is 67.8 Å². The second-order valence-electron chi connectivity index (χ2n) is 4.21. The summed E-state index contributed by atoms with van der Waals surface area (Å²) in [6, 6.07) is 0. The highest BCUT2D eigenvalue weighted by Crippen LogP contribution is 2.13. The zero-order valence-corrected chi connectivity index (χ0v) is 10.8. The van der Waals surface area contributed by atoms with Crippen molar-refractivity contribution < 1.29 is 14.8 Å². The van der Waals surface area contributed by atoms with Crippen LogP contribution in [-0.4, -0.2) is 36.7 Å². The van der Waals surface area contributed by atoms with Gasteiger partial charge in [-0.2, -0.15) is 0 Å². The molecule has 0 radical (unpaired) electrons. The lowest BCUT2D eigenvalue weighted by Gasteiger charge is -2.07. The second kappa shape index (κ2) is 6.09. The van der Waals surface area contributed by atoms with Crippen LogP contribution in [0.4, 0.5) is 5.13 Å². The number of quaternary nitrogens is 1. The Labute approximate surface area is 105 Å². The van der Waals surface area contributed by atoms with Crippen LogP contribution in [0.1, 0.15) is 18.5 Å². The van der Waals surface area contributed by atoms with E-state index < -0.39 is 0 Å². The largest absolute Gasteiger partial charge is 0.372 e. The Balaban J connectivity index is 1.63. The molecule has 1 aromatic heterocycles. The zero-order chi connectivity index (χ0) is 12.1. The Morgan fingerprint density at radius 1 is 1.76 bits per heavy atom. The number of amides is 1. The summed E-state index contributed by atoms with van der Waals surface area (Å²) in [7, 11) is 0. The van der Waals surface area contributed by atoms with Crippen LogP contribution in [0.2, 0.25) is 0 Å². The minimum atomic E-state index is -0.00246. The number of ether oxygens (including phenoxy) is 1. The summed E-state index contributed by atoms with van der Waals surface area (Å²) in [6.07, 6.45) is 2.58. The summed E-state index contributed by atoms with van der Waals surface area (Å²) >= 11 is 1.46. The van der Waals surface area contributed by atoms with E-state index in [9.17, 15) is 4.79 Å². The highest BCUT2D eigenvalue weighted by molar-refractivity contribution is 7.13. The van der Waals surface area contributed by atoms with E-state index in [2.05, 4.69) is 10.3 Å². The van der Waals surface area contributed by atoms with Crippen molar-refractivity contribution in [2.45, 2.75) is 25.9 Å².